The molecule has 5 heteroatoms. The minimum Gasteiger partial charge on any atom is -0.324 e. The number of nitrogens with zero attached hydrogens (tertiary/aromatic N) is 1. The van der Waals surface area contributed by atoms with Crippen LogP contribution in [0.3, 0.4) is 0 Å². The zero-order valence-electron chi connectivity index (χ0n) is 13.1. The van der Waals surface area contributed by atoms with Gasteiger partial charge in [-0.3, -0.25) is 9.59 Å². The predicted octanol–water partition coefficient (Wildman–Crippen LogP) is 3.22. The van der Waals surface area contributed by atoms with Gasteiger partial charge in [0, 0.05) is 17.9 Å². The first-order valence-electron chi connectivity index (χ1n) is 8.08. The SMILES string of the molecule is O=C(Nc1ccccc1)[C@@H]1CS[C@@]2(c3ccccc3)CCC(=O)N12. The second-order valence-corrected chi connectivity index (χ2v) is 7.39. The molecule has 0 unspecified atom stereocenters. The Morgan fingerprint density at radius 1 is 1.08 bits per heavy atom. The number of thioether (sulfide) groups is 1. The Kier molecular flexibility index (Phi) is 3.81. The summed E-state index contributed by atoms with van der Waals surface area (Å²) in [7, 11) is 0. The van der Waals surface area contributed by atoms with E-state index in [1.54, 1.807) is 11.8 Å². The van der Waals surface area contributed by atoms with Crippen molar-refractivity contribution in [3.8, 4) is 0 Å². The molecule has 2 aromatic rings. The molecule has 0 bridgehead atoms. The third-order valence-corrected chi connectivity index (χ3v) is 6.29. The van der Waals surface area contributed by atoms with E-state index < -0.39 is 10.9 Å². The van der Waals surface area contributed by atoms with Crippen LogP contribution in [-0.2, 0) is 14.5 Å². The molecule has 1 N–H and O–H groups in total. The first-order valence-corrected chi connectivity index (χ1v) is 9.07. The maximum absolute atomic E-state index is 12.8. The van der Waals surface area contributed by atoms with E-state index in [9.17, 15) is 9.59 Å². The monoisotopic (exact) mass is 338 g/mol. The molecule has 2 amide bonds. The van der Waals surface area contributed by atoms with Crippen LogP contribution in [0.5, 0.6) is 0 Å². The van der Waals surface area contributed by atoms with Gasteiger partial charge in [0.25, 0.3) is 0 Å². The highest BCUT2D eigenvalue weighted by atomic mass is 32.2. The number of para-hydroxylation sites is 1. The van der Waals surface area contributed by atoms with Crippen LogP contribution in [0.25, 0.3) is 0 Å². The molecule has 0 spiro atoms. The van der Waals surface area contributed by atoms with Crippen LogP contribution in [0, 0.1) is 0 Å². The van der Waals surface area contributed by atoms with Crippen molar-refractivity contribution < 1.29 is 9.59 Å². The van der Waals surface area contributed by atoms with Gasteiger partial charge in [0.2, 0.25) is 11.8 Å². The molecule has 2 heterocycles. The van der Waals surface area contributed by atoms with Crippen molar-refractivity contribution in [2.24, 2.45) is 0 Å². The smallest absolute Gasteiger partial charge is 0.248 e. The van der Waals surface area contributed by atoms with E-state index in [1.165, 1.54) is 0 Å². The number of fused-ring (bicyclic) bond motifs is 1. The Hall–Kier alpha value is -2.27. The lowest BCUT2D eigenvalue weighted by Gasteiger charge is -2.34. The molecule has 24 heavy (non-hydrogen) atoms. The predicted molar refractivity (Wildman–Crippen MR) is 95.5 cm³/mol. The maximum atomic E-state index is 12.8. The van der Waals surface area contributed by atoms with Crippen LogP contribution in [-0.4, -0.2) is 28.5 Å². The van der Waals surface area contributed by atoms with E-state index in [0.29, 0.717) is 12.2 Å². The third kappa shape index (κ3) is 2.40. The summed E-state index contributed by atoms with van der Waals surface area (Å²) in [6.07, 6.45) is 1.26. The molecule has 2 fully saturated rings. The van der Waals surface area contributed by atoms with Crippen LogP contribution >= 0.6 is 11.8 Å². The molecule has 2 aliphatic rings. The van der Waals surface area contributed by atoms with E-state index in [-0.39, 0.29) is 11.8 Å². The summed E-state index contributed by atoms with van der Waals surface area (Å²) in [6, 6.07) is 19.0. The number of amides is 2. The van der Waals surface area contributed by atoms with Gasteiger partial charge in [-0.05, 0) is 24.1 Å². The number of hydrogen-bond acceptors (Lipinski definition) is 3. The Bertz CT molecular complexity index is 765. The first kappa shape index (κ1) is 15.3. The summed E-state index contributed by atoms with van der Waals surface area (Å²) in [5.74, 6) is 0.582. The largest absolute Gasteiger partial charge is 0.324 e. The highest BCUT2D eigenvalue weighted by Gasteiger charge is 2.56. The topological polar surface area (TPSA) is 49.4 Å². The molecule has 4 rings (SSSR count). The van der Waals surface area contributed by atoms with E-state index in [1.807, 2.05) is 53.4 Å². The van der Waals surface area contributed by atoms with Gasteiger partial charge in [0.1, 0.15) is 10.9 Å². The second-order valence-electron chi connectivity index (χ2n) is 6.10. The van der Waals surface area contributed by atoms with Crippen LogP contribution in [0.1, 0.15) is 18.4 Å². The molecule has 2 atom stereocenters. The van der Waals surface area contributed by atoms with Gasteiger partial charge in [-0.1, -0.05) is 48.5 Å². The molecule has 0 aromatic heterocycles. The molecule has 0 aliphatic carbocycles. The molecule has 0 saturated carbocycles. The molecule has 2 aliphatic heterocycles. The van der Waals surface area contributed by atoms with Crippen molar-refractivity contribution >= 4 is 29.3 Å². The van der Waals surface area contributed by atoms with Crippen molar-refractivity contribution in [1.29, 1.82) is 0 Å². The third-order valence-electron chi connectivity index (χ3n) is 4.70. The van der Waals surface area contributed by atoms with Gasteiger partial charge in [-0.25, -0.2) is 0 Å². The summed E-state index contributed by atoms with van der Waals surface area (Å²) in [4.78, 5) is 26.7. The van der Waals surface area contributed by atoms with E-state index in [4.69, 9.17) is 0 Å². The summed E-state index contributed by atoms with van der Waals surface area (Å²) in [6.45, 7) is 0. The van der Waals surface area contributed by atoms with Gasteiger partial charge >= 0.3 is 0 Å². The van der Waals surface area contributed by atoms with E-state index in [2.05, 4.69) is 17.4 Å². The molecular weight excluding hydrogens is 320 g/mol. The Morgan fingerprint density at radius 3 is 2.46 bits per heavy atom. The summed E-state index contributed by atoms with van der Waals surface area (Å²) >= 11 is 1.71. The highest BCUT2D eigenvalue weighted by molar-refractivity contribution is 8.00. The maximum Gasteiger partial charge on any atom is 0.248 e. The van der Waals surface area contributed by atoms with E-state index in [0.717, 1.165) is 17.7 Å². The minimum absolute atomic E-state index is 0.0667. The normalized spacial score (nSPS) is 25.6. The molecule has 2 aromatic carbocycles. The van der Waals surface area contributed by atoms with Gasteiger partial charge in [-0.15, -0.1) is 11.8 Å². The van der Waals surface area contributed by atoms with Crippen molar-refractivity contribution in [1.82, 2.24) is 4.90 Å². The van der Waals surface area contributed by atoms with Crippen LogP contribution in [0.2, 0.25) is 0 Å². The second kappa shape index (κ2) is 5.98. The molecule has 2 saturated heterocycles. The molecule has 122 valence electrons. The number of carbonyl (C=O) groups excluding carboxylic acids is 2. The Balaban J connectivity index is 1.62. The first-order chi connectivity index (χ1) is 11.7. The lowest BCUT2D eigenvalue weighted by Crippen LogP contribution is -2.48. The molecule has 0 radical (unpaired) electrons. The van der Waals surface area contributed by atoms with Crippen LogP contribution in [0.4, 0.5) is 5.69 Å². The fourth-order valence-electron chi connectivity index (χ4n) is 3.58. The fourth-order valence-corrected chi connectivity index (χ4v) is 5.23. The molecular formula is C19H18N2O2S. The number of rotatable bonds is 3. The van der Waals surface area contributed by atoms with Crippen molar-refractivity contribution in [2.75, 3.05) is 11.1 Å². The number of anilines is 1. The zero-order valence-corrected chi connectivity index (χ0v) is 14.0. The van der Waals surface area contributed by atoms with Crippen molar-refractivity contribution in [2.45, 2.75) is 23.8 Å². The minimum atomic E-state index is -0.426. The van der Waals surface area contributed by atoms with Crippen molar-refractivity contribution in [3.05, 3.63) is 66.2 Å². The Labute approximate surface area is 145 Å². The average molecular weight is 338 g/mol. The van der Waals surface area contributed by atoms with E-state index >= 15 is 0 Å². The summed E-state index contributed by atoms with van der Waals surface area (Å²) in [5.41, 5.74) is 1.87. The van der Waals surface area contributed by atoms with Gasteiger partial charge in [0.15, 0.2) is 0 Å². The van der Waals surface area contributed by atoms with Gasteiger partial charge < -0.3 is 10.2 Å². The number of hydrogen-bond donors (Lipinski definition) is 1. The standard InChI is InChI=1S/C19H18N2O2S/c22-17-11-12-19(14-7-3-1-4-8-14)21(17)16(13-24-19)18(23)20-15-9-5-2-6-10-15/h1-10,16H,11-13H2,(H,20,23)/t16-,19+/m0/s1. The quantitative estimate of drug-likeness (QED) is 0.935. The lowest BCUT2D eigenvalue weighted by molar-refractivity contribution is -0.136. The summed E-state index contributed by atoms with van der Waals surface area (Å²) in [5, 5.41) is 2.94. The number of benzene rings is 2. The van der Waals surface area contributed by atoms with Gasteiger partial charge in [-0.2, -0.15) is 0 Å². The van der Waals surface area contributed by atoms with Crippen molar-refractivity contribution in [3.63, 3.8) is 0 Å². The summed E-state index contributed by atoms with van der Waals surface area (Å²) < 4.78 is 0. The van der Waals surface area contributed by atoms with Gasteiger partial charge in [0.05, 0.1) is 0 Å². The number of carbonyl (C=O) groups is 2. The molecule has 4 nitrogen and oxygen atoms in total. The van der Waals surface area contributed by atoms with Crippen LogP contribution in [0.15, 0.2) is 60.7 Å². The average Bonchev–Trinajstić information content (AvgIpc) is 3.16. The number of nitrogens with one attached hydrogen (secondary N) is 1. The van der Waals surface area contributed by atoms with Crippen LogP contribution < -0.4 is 5.32 Å². The lowest BCUT2D eigenvalue weighted by atomic mass is 10.0. The highest BCUT2D eigenvalue weighted by Crippen LogP contribution is 2.54. The fraction of sp³-hybridized carbons (Fsp3) is 0.263. The zero-order chi connectivity index (χ0) is 16.6. The Morgan fingerprint density at radius 2 is 1.75 bits per heavy atom.